The van der Waals surface area contributed by atoms with Crippen LogP contribution in [0, 0.1) is 19.9 Å². The molecule has 0 fully saturated rings. The molecule has 0 saturated heterocycles. The Morgan fingerprint density at radius 2 is 1.35 bits per heavy atom. The molecule has 0 bridgehead atoms. The van der Waals surface area contributed by atoms with E-state index in [1.807, 2.05) is 0 Å². The van der Waals surface area contributed by atoms with Gasteiger partial charge in [0.15, 0.2) is 0 Å². The van der Waals surface area contributed by atoms with Crippen molar-refractivity contribution in [3.05, 3.63) is 135 Å². The summed E-state index contributed by atoms with van der Waals surface area (Å²) >= 11 is 1.54. The second kappa shape index (κ2) is 15.0. The van der Waals surface area contributed by atoms with Gasteiger partial charge in [0.1, 0.15) is 0 Å². The van der Waals surface area contributed by atoms with Crippen molar-refractivity contribution < 1.29 is 49.0 Å². The van der Waals surface area contributed by atoms with E-state index in [0.717, 1.165) is 6.42 Å². The van der Waals surface area contributed by atoms with Crippen LogP contribution in [0.15, 0.2) is 72.8 Å². The van der Waals surface area contributed by atoms with Crippen LogP contribution < -0.4 is 24.8 Å². The Hall–Kier alpha value is -2.18. The first-order valence-electron chi connectivity index (χ1n) is 17.0. The molecule has 0 spiro atoms. The van der Waals surface area contributed by atoms with E-state index in [1.54, 1.807) is 3.21 Å². The van der Waals surface area contributed by atoms with Crippen LogP contribution in [-0.4, -0.2) is 3.21 Å². The summed E-state index contributed by atoms with van der Waals surface area (Å²) in [6.07, 6.45) is 8.32. The fourth-order valence-electron chi connectivity index (χ4n) is 7.73. The SMILES string of the molecule is CC1=[C-]C(C)(C)c2cc3c(cc21)-c1cc2c(cc1C3)C(C)(C)C=C2C.CC[C](=[Zr+2])c1ccccc1.Cc1cc(C(C)(C)C)c(C)[cH-]1.[Cl-].[Cl-]. The van der Waals surface area contributed by atoms with Crippen LogP contribution in [0.25, 0.3) is 22.3 Å². The summed E-state index contributed by atoms with van der Waals surface area (Å²) in [4.78, 5) is 0. The van der Waals surface area contributed by atoms with E-state index >= 15 is 0 Å². The van der Waals surface area contributed by atoms with Crippen molar-refractivity contribution in [2.75, 3.05) is 0 Å². The van der Waals surface area contributed by atoms with E-state index in [1.165, 1.54) is 109 Å². The van der Waals surface area contributed by atoms with Crippen LogP contribution in [-0.2, 0) is 46.9 Å². The monoisotopic (exact) mass is 752 g/mol. The van der Waals surface area contributed by atoms with Gasteiger partial charge in [-0.1, -0.05) is 98.3 Å². The molecule has 0 N–H and O–H groups in total. The topological polar surface area (TPSA) is 0 Å². The van der Waals surface area contributed by atoms with E-state index in [-0.39, 0.29) is 35.6 Å². The molecule has 48 heavy (non-hydrogen) atoms. The predicted octanol–water partition coefficient (Wildman–Crippen LogP) is 5.94. The van der Waals surface area contributed by atoms with Crippen molar-refractivity contribution >= 4 is 14.4 Å². The quantitative estimate of drug-likeness (QED) is 0.196. The molecule has 0 aromatic heterocycles. The number of benzene rings is 3. The minimum Gasteiger partial charge on any atom is -1.00 e. The van der Waals surface area contributed by atoms with E-state index < -0.39 is 0 Å². The molecular formula is C45H52Cl2Zr-2. The maximum atomic E-state index is 3.65. The second-order valence-electron chi connectivity index (χ2n) is 15.8. The van der Waals surface area contributed by atoms with Crippen LogP contribution in [0.1, 0.15) is 131 Å². The second-order valence-corrected chi connectivity index (χ2v) is 17.3. The van der Waals surface area contributed by atoms with Crippen molar-refractivity contribution in [1.29, 1.82) is 0 Å². The molecule has 0 heterocycles. The molecule has 0 saturated carbocycles. The van der Waals surface area contributed by atoms with Gasteiger partial charge in [0.25, 0.3) is 0 Å². The molecule has 3 aliphatic rings. The van der Waals surface area contributed by atoms with Crippen LogP contribution in [0.5, 0.6) is 0 Å². The van der Waals surface area contributed by atoms with Gasteiger partial charge < -0.3 is 24.8 Å². The summed E-state index contributed by atoms with van der Waals surface area (Å²) in [7, 11) is 0. The van der Waals surface area contributed by atoms with Crippen LogP contribution >= 0.6 is 0 Å². The number of aryl methyl sites for hydroxylation is 2. The van der Waals surface area contributed by atoms with E-state index in [9.17, 15) is 0 Å². The minimum absolute atomic E-state index is 0. The first-order valence-corrected chi connectivity index (χ1v) is 18.2. The summed E-state index contributed by atoms with van der Waals surface area (Å²) in [5.41, 5.74) is 20.5. The Labute approximate surface area is 319 Å². The van der Waals surface area contributed by atoms with Gasteiger partial charge in [-0.25, -0.2) is 11.6 Å². The molecule has 0 amide bonds. The molecule has 0 atom stereocenters. The normalized spacial score (nSPS) is 15.5. The third-order valence-electron chi connectivity index (χ3n) is 9.96. The number of allylic oxidation sites excluding steroid dienone is 4. The minimum atomic E-state index is 0. The van der Waals surface area contributed by atoms with Gasteiger partial charge >= 0.3 is 76.7 Å². The molecule has 4 aromatic carbocycles. The zero-order valence-corrected chi connectivity index (χ0v) is 35.1. The Bertz CT molecular complexity index is 1790. The maximum absolute atomic E-state index is 3.65. The molecule has 7 rings (SSSR count). The molecular weight excluding hydrogens is 703 g/mol. The van der Waals surface area contributed by atoms with Crippen molar-refractivity contribution in [3.8, 4) is 11.1 Å². The van der Waals surface area contributed by atoms with Gasteiger partial charge in [0.05, 0.1) is 0 Å². The van der Waals surface area contributed by atoms with Gasteiger partial charge in [0, 0.05) is 5.41 Å². The third-order valence-corrected chi connectivity index (χ3v) is 11.5. The molecule has 0 nitrogen and oxygen atoms in total. The van der Waals surface area contributed by atoms with Gasteiger partial charge in [-0.2, -0.15) is 28.3 Å². The Morgan fingerprint density at radius 3 is 1.85 bits per heavy atom. The first-order chi connectivity index (χ1) is 21.4. The molecule has 252 valence electrons. The van der Waals surface area contributed by atoms with Crippen molar-refractivity contribution in [3.63, 3.8) is 0 Å². The Kier molecular flexibility index (Phi) is 12.6. The largest absolute Gasteiger partial charge is 1.00 e. The van der Waals surface area contributed by atoms with Crippen molar-refractivity contribution in [2.45, 2.75) is 112 Å². The Morgan fingerprint density at radius 1 is 0.792 bits per heavy atom. The molecule has 3 aliphatic carbocycles. The first kappa shape index (κ1) is 40.3. The smallest absolute Gasteiger partial charge is 0.0632 e. The molecule has 0 radical (unpaired) electrons. The van der Waals surface area contributed by atoms with Crippen LogP contribution in [0.3, 0.4) is 0 Å². The van der Waals surface area contributed by atoms with Crippen LogP contribution in [0.2, 0.25) is 0 Å². The summed E-state index contributed by atoms with van der Waals surface area (Å²) in [5, 5.41) is 0. The summed E-state index contributed by atoms with van der Waals surface area (Å²) in [5.74, 6) is 0. The van der Waals surface area contributed by atoms with Crippen molar-refractivity contribution in [2.24, 2.45) is 0 Å². The molecule has 0 aliphatic heterocycles. The average molecular weight is 755 g/mol. The number of fused-ring (bicyclic) bond motifs is 5. The zero-order chi connectivity index (χ0) is 33.8. The predicted molar refractivity (Wildman–Crippen MR) is 198 cm³/mol. The fourth-order valence-corrected chi connectivity index (χ4v) is 8.14. The standard InChI is InChI=1S/C25H25.C11H17.C9H10.2ClH.Zr/c1-14-12-24(3,4)22-8-16-7-17-9-23-19(15(2)13-25(23,5)6)11-21(17)20(16)10-18(14)22;1-8-6-9(2)10(7-8)11(3,4)5;1-2-6-9-7-4-3-5-8-9;;;/h8-12H,7H2,1-6H3;6-7H,1-5H3;3-5,7-8H,2H2,1H3;2*1H;/q2*-1;;;;+2/p-2. The molecule has 3 heteroatoms. The van der Waals surface area contributed by atoms with Gasteiger partial charge in [-0.15, -0.1) is 11.6 Å². The number of rotatable bonds is 2. The van der Waals surface area contributed by atoms with E-state index in [2.05, 4.69) is 162 Å². The van der Waals surface area contributed by atoms with E-state index in [4.69, 9.17) is 0 Å². The Balaban J connectivity index is 0.000000228. The molecule has 0 unspecified atom stereocenters. The maximum Gasteiger partial charge on any atom is -0.0632 e. The summed E-state index contributed by atoms with van der Waals surface area (Å²) in [6, 6.07) is 24.9. The zero-order valence-electron chi connectivity index (χ0n) is 31.1. The van der Waals surface area contributed by atoms with Gasteiger partial charge in [0.2, 0.25) is 0 Å². The number of halogens is 2. The van der Waals surface area contributed by atoms with Crippen molar-refractivity contribution in [1.82, 2.24) is 0 Å². The summed E-state index contributed by atoms with van der Waals surface area (Å²) < 4.78 is 1.55. The average Bonchev–Trinajstić information content (AvgIpc) is 3.65. The molecule has 4 aromatic rings. The summed E-state index contributed by atoms with van der Waals surface area (Å²) in [6.45, 7) is 27.0. The van der Waals surface area contributed by atoms with Gasteiger partial charge in [-0.3, -0.25) is 6.08 Å². The number of hydrogen-bond donors (Lipinski definition) is 0. The van der Waals surface area contributed by atoms with Gasteiger partial charge in [-0.05, 0) is 58.4 Å². The van der Waals surface area contributed by atoms with Crippen LogP contribution in [0.4, 0.5) is 0 Å². The van der Waals surface area contributed by atoms with E-state index in [0.29, 0.717) is 5.41 Å². The number of hydrogen-bond acceptors (Lipinski definition) is 0. The third kappa shape index (κ3) is 8.06. The fraction of sp³-hybridized carbons (Fsp3) is 0.378.